The zero-order valence-corrected chi connectivity index (χ0v) is 9.17. The molecular weight excluding hydrogens is 223 g/mol. The summed E-state index contributed by atoms with van der Waals surface area (Å²) in [7, 11) is 0. The molecular formula is C9H12BrCl. The van der Waals surface area contributed by atoms with Gasteiger partial charge in [-0.05, 0) is 41.8 Å². The van der Waals surface area contributed by atoms with Crippen LogP contribution in [0.2, 0.25) is 0 Å². The molecule has 2 heteroatoms. The second kappa shape index (κ2) is 3.32. The van der Waals surface area contributed by atoms with Gasteiger partial charge in [0.05, 0.1) is 3.94 Å². The predicted molar refractivity (Wildman–Crippen MR) is 54.0 cm³/mol. The number of allylic oxidation sites excluding steroid dienone is 3. The Labute approximate surface area is 81.4 Å². The lowest BCUT2D eigenvalue weighted by Gasteiger charge is -2.21. The minimum absolute atomic E-state index is 0.195. The van der Waals surface area contributed by atoms with Crippen LogP contribution in [0, 0.1) is 5.41 Å². The summed E-state index contributed by atoms with van der Waals surface area (Å²) >= 11 is 9.01. The van der Waals surface area contributed by atoms with Crippen LogP contribution >= 0.6 is 27.5 Å². The maximum Gasteiger partial charge on any atom is 0.0802 e. The Morgan fingerprint density at radius 2 is 2.45 bits per heavy atom. The van der Waals surface area contributed by atoms with Gasteiger partial charge in [0.1, 0.15) is 0 Å². The van der Waals surface area contributed by atoms with Gasteiger partial charge < -0.3 is 0 Å². The first kappa shape index (κ1) is 9.34. The predicted octanol–water partition coefficient (Wildman–Crippen LogP) is 4.21. The molecule has 0 amide bonds. The van der Waals surface area contributed by atoms with E-state index >= 15 is 0 Å². The molecule has 0 N–H and O–H groups in total. The van der Waals surface area contributed by atoms with Gasteiger partial charge in [-0.1, -0.05) is 30.2 Å². The van der Waals surface area contributed by atoms with Crippen molar-refractivity contribution < 1.29 is 0 Å². The first-order valence-electron chi connectivity index (χ1n) is 3.76. The topological polar surface area (TPSA) is 0 Å². The molecule has 0 aromatic carbocycles. The summed E-state index contributed by atoms with van der Waals surface area (Å²) < 4.78 is 0.717. The number of hydrogen-bond donors (Lipinski definition) is 0. The fourth-order valence-corrected chi connectivity index (χ4v) is 2.19. The van der Waals surface area contributed by atoms with Gasteiger partial charge in [-0.3, -0.25) is 0 Å². The van der Waals surface area contributed by atoms with E-state index in [0.29, 0.717) is 0 Å². The van der Waals surface area contributed by atoms with E-state index in [4.69, 9.17) is 11.6 Å². The second-order valence-electron chi connectivity index (χ2n) is 3.28. The lowest BCUT2D eigenvalue weighted by Crippen LogP contribution is -2.09. The lowest BCUT2D eigenvalue weighted by molar-refractivity contribution is 0.509. The highest BCUT2D eigenvalue weighted by molar-refractivity contribution is 9.12. The summed E-state index contributed by atoms with van der Waals surface area (Å²) in [5, 5.41) is 0. The molecule has 1 aliphatic carbocycles. The Balaban J connectivity index is 2.84. The SMILES string of the molecule is CC1=CCCC1(C)C=C(Cl)Br. The Bertz CT molecular complexity index is 214. The van der Waals surface area contributed by atoms with Crippen molar-refractivity contribution in [3.05, 3.63) is 21.7 Å². The summed E-state index contributed by atoms with van der Waals surface area (Å²) in [6.07, 6.45) is 6.72. The quantitative estimate of drug-likeness (QED) is 0.597. The van der Waals surface area contributed by atoms with Gasteiger partial charge in [0, 0.05) is 5.41 Å². The molecule has 0 spiro atoms. The summed E-state index contributed by atoms with van der Waals surface area (Å²) in [5.41, 5.74) is 1.62. The van der Waals surface area contributed by atoms with Crippen molar-refractivity contribution in [2.75, 3.05) is 0 Å². The van der Waals surface area contributed by atoms with Crippen LogP contribution in [-0.2, 0) is 0 Å². The molecule has 0 saturated carbocycles. The van der Waals surface area contributed by atoms with Crippen molar-refractivity contribution in [2.45, 2.75) is 26.7 Å². The third kappa shape index (κ3) is 2.09. The molecule has 0 aliphatic heterocycles. The van der Waals surface area contributed by atoms with Crippen LogP contribution < -0.4 is 0 Å². The van der Waals surface area contributed by atoms with Crippen molar-refractivity contribution in [3.8, 4) is 0 Å². The van der Waals surface area contributed by atoms with E-state index in [2.05, 4.69) is 41.9 Å². The average Bonchev–Trinajstić information content (AvgIpc) is 2.11. The normalized spacial score (nSPS) is 32.4. The summed E-state index contributed by atoms with van der Waals surface area (Å²) in [6, 6.07) is 0. The van der Waals surface area contributed by atoms with Crippen molar-refractivity contribution in [3.63, 3.8) is 0 Å². The minimum Gasteiger partial charge on any atom is -0.0847 e. The molecule has 0 aromatic heterocycles. The van der Waals surface area contributed by atoms with Crippen molar-refractivity contribution in [2.24, 2.45) is 5.41 Å². The average molecular weight is 236 g/mol. The van der Waals surface area contributed by atoms with E-state index in [9.17, 15) is 0 Å². The van der Waals surface area contributed by atoms with Gasteiger partial charge in [-0.25, -0.2) is 0 Å². The third-order valence-corrected chi connectivity index (χ3v) is 2.78. The summed E-state index contributed by atoms with van der Waals surface area (Å²) in [4.78, 5) is 0. The highest BCUT2D eigenvalue weighted by Gasteiger charge is 2.27. The second-order valence-corrected chi connectivity index (χ2v) is 5.00. The van der Waals surface area contributed by atoms with Gasteiger partial charge in [0.2, 0.25) is 0 Å². The molecule has 0 heterocycles. The maximum absolute atomic E-state index is 5.76. The van der Waals surface area contributed by atoms with Crippen molar-refractivity contribution in [1.29, 1.82) is 0 Å². The Hall–Kier alpha value is 0.250. The van der Waals surface area contributed by atoms with Crippen LogP contribution in [0.5, 0.6) is 0 Å². The van der Waals surface area contributed by atoms with E-state index in [-0.39, 0.29) is 5.41 Å². The molecule has 0 bridgehead atoms. The summed E-state index contributed by atoms with van der Waals surface area (Å²) in [5.74, 6) is 0. The monoisotopic (exact) mass is 234 g/mol. The highest BCUT2D eigenvalue weighted by atomic mass is 79.9. The Kier molecular flexibility index (Phi) is 2.82. The molecule has 62 valence electrons. The van der Waals surface area contributed by atoms with Gasteiger partial charge in [0.25, 0.3) is 0 Å². The van der Waals surface area contributed by atoms with Gasteiger partial charge in [-0.15, -0.1) is 0 Å². The van der Waals surface area contributed by atoms with Gasteiger partial charge in [0.15, 0.2) is 0 Å². The molecule has 0 nitrogen and oxygen atoms in total. The largest absolute Gasteiger partial charge is 0.0847 e. The fourth-order valence-electron chi connectivity index (χ4n) is 1.45. The first-order chi connectivity index (χ1) is 5.04. The molecule has 1 atom stereocenters. The van der Waals surface area contributed by atoms with Gasteiger partial charge in [-0.2, -0.15) is 0 Å². The van der Waals surface area contributed by atoms with Crippen molar-refractivity contribution in [1.82, 2.24) is 0 Å². The van der Waals surface area contributed by atoms with E-state index in [1.165, 1.54) is 18.4 Å². The van der Waals surface area contributed by atoms with Crippen LogP contribution in [-0.4, -0.2) is 0 Å². The minimum atomic E-state index is 0.195. The number of hydrogen-bond acceptors (Lipinski definition) is 0. The van der Waals surface area contributed by atoms with Crippen LogP contribution in [0.1, 0.15) is 26.7 Å². The highest BCUT2D eigenvalue weighted by Crippen LogP contribution is 2.41. The molecule has 0 fully saturated rings. The molecule has 0 saturated heterocycles. The van der Waals surface area contributed by atoms with Crippen LogP contribution in [0.25, 0.3) is 0 Å². The molecule has 0 radical (unpaired) electrons. The van der Waals surface area contributed by atoms with Crippen LogP contribution in [0.4, 0.5) is 0 Å². The van der Waals surface area contributed by atoms with E-state index in [1.54, 1.807) is 0 Å². The zero-order chi connectivity index (χ0) is 8.48. The summed E-state index contributed by atoms with van der Waals surface area (Å²) in [6.45, 7) is 4.38. The van der Waals surface area contributed by atoms with Crippen LogP contribution in [0.15, 0.2) is 21.7 Å². The molecule has 1 aliphatic rings. The zero-order valence-electron chi connectivity index (χ0n) is 6.82. The fraction of sp³-hybridized carbons (Fsp3) is 0.556. The Morgan fingerprint density at radius 1 is 1.82 bits per heavy atom. The molecule has 0 aromatic rings. The Morgan fingerprint density at radius 3 is 2.82 bits per heavy atom. The maximum atomic E-state index is 5.76. The number of rotatable bonds is 1. The lowest BCUT2D eigenvalue weighted by atomic mass is 9.84. The first-order valence-corrected chi connectivity index (χ1v) is 4.93. The van der Waals surface area contributed by atoms with Crippen LogP contribution in [0.3, 0.4) is 0 Å². The van der Waals surface area contributed by atoms with Gasteiger partial charge >= 0.3 is 0 Å². The third-order valence-electron chi connectivity index (χ3n) is 2.44. The smallest absolute Gasteiger partial charge is 0.0802 e. The van der Waals surface area contributed by atoms with E-state index in [1.807, 2.05) is 0 Å². The van der Waals surface area contributed by atoms with Crippen molar-refractivity contribution >= 4 is 27.5 Å². The number of halogens is 2. The van der Waals surface area contributed by atoms with E-state index < -0.39 is 0 Å². The molecule has 1 rings (SSSR count). The van der Waals surface area contributed by atoms with E-state index in [0.717, 1.165) is 3.94 Å². The molecule has 1 unspecified atom stereocenters. The standard InChI is InChI=1S/C9H12BrCl/c1-7-4-3-5-9(7,2)6-8(10)11/h4,6H,3,5H2,1-2H3. The molecule has 11 heavy (non-hydrogen) atoms.